The molecule has 0 spiro atoms. The largest absolute Gasteiger partial charge is 0.335 e. The van der Waals surface area contributed by atoms with Crippen molar-refractivity contribution in [2.45, 2.75) is 25.7 Å². The maximum atomic E-state index is 15.2. The number of pyridine rings is 2. The molecular weight excluding hydrogens is 520 g/mol. The topological polar surface area (TPSA) is 112 Å². The molecule has 1 fully saturated rings. The van der Waals surface area contributed by atoms with Crippen LogP contribution in [-0.2, 0) is 4.79 Å². The lowest BCUT2D eigenvalue weighted by molar-refractivity contribution is -0.119. The second kappa shape index (κ2) is 9.35. The van der Waals surface area contributed by atoms with E-state index in [0.717, 1.165) is 47.5 Å². The van der Waals surface area contributed by atoms with Crippen molar-refractivity contribution >= 4 is 45.0 Å². The number of halogens is 2. The van der Waals surface area contributed by atoms with Crippen molar-refractivity contribution in [3.63, 3.8) is 0 Å². The third-order valence-corrected chi connectivity index (χ3v) is 8.05. The highest BCUT2D eigenvalue weighted by molar-refractivity contribution is 7.14. The zero-order valence-electron chi connectivity index (χ0n) is 20.5. The lowest BCUT2D eigenvalue weighted by atomic mass is 10.0. The molecule has 1 aromatic carbocycles. The van der Waals surface area contributed by atoms with Gasteiger partial charge in [0.1, 0.15) is 11.2 Å². The molecule has 1 aliphatic carbocycles. The highest BCUT2D eigenvalue weighted by Gasteiger charge is 2.23. The maximum Gasteiger partial charge on any atom is 0.227 e. The van der Waals surface area contributed by atoms with Crippen LogP contribution in [0.25, 0.3) is 55.2 Å². The number of hydrogen-bond donors (Lipinski definition) is 3. The molecule has 5 heterocycles. The van der Waals surface area contributed by atoms with E-state index in [1.54, 1.807) is 36.8 Å². The van der Waals surface area contributed by atoms with Crippen molar-refractivity contribution in [2.24, 2.45) is 5.92 Å². The number of rotatable bonds is 5. The number of benzene rings is 1. The van der Waals surface area contributed by atoms with Gasteiger partial charge in [0.05, 0.1) is 17.4 Å². The summed E-state index contributed by atoms with van der Waals surface area (Å²) in [4.78, 5) is 29.8. The normalized spacial score (nSPS) is 14.0. The second-order valence-corrected chi connectivity index (χ2v) is 10.7. The number of aromatic amines is 2. The van der Waals surface area contributed by atoms with Gasteiger partial charge in [0, 0.05) is 39.7 Å². The molecule has 8 nitrogen and oxygen atoms in total. The third kappa shape index (κ3) is 4.24. The lowest BCUT2D eigenvalue weighted by Gasteiger charge is -2.11. The third-order valence-electron chi connectivity index (χ3n) is 7.14. The number of imidazole rings is 1. The summed E-state index contributed by atoms with van der Waals surface area (Å²) in [6, 6.07) is 9.92. The van der Waals surface area contributed by atoms with Crippen LogP contribution < -0.4 is 5.32 Å². The standard InChI is InChI=1S/C28H21F2N7OS/c29-20-11-15(16-9-17(13-31-12-16)33-28(38)14-3-1-2-4-14)10-19-23(20)36-37-25(19)27-34-24-18(7-8-32-26(24)35-27)21-5-6-22(30)39-21/h5-14H,1-4H2,(H,33,38)(H,36,37)(H,32,34,35). The molecule has 1 aliphatic rings. The summed E-state index contributed by atoms with van der Waals surface area (Å²) < 4.78 is 28.9. The number of amides is 1. The second-order valence-electron chi connectivity index (χ2n) is 9.63. The SMILES string of the molecule is O=C(Nc1cncc(-c2cc(F)c3n[nH]c(-c4nc5nccc(-c6ccc(F)s6)c5[nH]4)c3c2)c1)C1CCCC1. The molecule has 0 atom stereocenters. The van der Waals surface area contributed by atoms with Crippen LogP contribution >= 0.6 is 11.3 Å². The highest BCUT2D eigenvalue weighted by Crippen LogP contribution is 2.36. The minimum Gasteiger partial charge on any atom is -0.335 e. The molecule has 1 saturated carbocycles. The van der Waals surface area contributed by atoms with Gasteiger partial charge < -0.3 is 10.3 Å². The van der Waals surface area contributed by atoms with E-state index >= 15 is 4.39 Å². The van der Waals surface area contributed by atoms with Crippen LogP contribution in [0, 0.1) is 16.9 Å². The lowest BCUT2D eigenvalue weighted by Crippen LogP contribution is -2.20. The average molecular weight is 542 g/mol. The summed E-state index contributed by atoms with van der Waals surface area (Å²) in [5.41, 5.74) is 4.32. The zero-order valence-corrected chi connectivity index (χ0v) is 21.3. The van der Waals surface area contributed by atoms with Gasteiger partial charge in [-0.05, 0) is 54.8 Å². The van der Waals surface area contributed by atoms with E-state index in [1.165, 1.54) is 12.1 Å². The number of nitrogens with one attached hydrogen (secondary N) is 3. The van der Waals surface area contributed by atoms with E-state index in [-0.39, 0.29) is 22.5 Å². The quantitative estimate of drug-likeness (QED) is 0.225. The van der Waals surface area contributed by atoms with Crippen LogP contribution in [0.2, 0.25) is 0 Å². The predicted molar refractivity (Wildman–Crippen MR) is 146 cm³/mol. The number of aromatic nitrogens is 6. The first kappa shape index (κ1) is 23.6. The van der Waals surface area contributed by atoms with E-state index in [9.17, 15) is 9.18 Å². The van der Waals surface area contributed by atoms with E-state index < -0.39 is 5.82 Å². The number of H-pyrrole nitrogens is 2. The molecule has 3 N–H and O–H groups in total. The van der Waals surface area contributed by atoms with Gasteiger partial charge in [-0.1, -0.05) is 12.8 Å². The molecule has 5 aromatic heterocycles. The Morgan fingerprint density at radius 1 is 1.05 bits per heavy atom. The average Bonchev–Trinajstić information content (AvgIpc) is 3.74. The first-order valence-corrected chi connectivity index (χ1v) is 13.4. The molecule has 39 heavy (non-hydrogen) atoms. The number of hydrogen-bond acceptors (Lipinski definition) is 6. The van der Waals surface area contributed by atoms with Crippen LogP contribution in [0.5, 0.6) is 0 Å². The molecule has 7 rings (SSSR count). The number of anilines is 1. The van der Waals surface area contributed by atoms with Crippen LogP contribution in [0.15, 0.2) is 55.0 Å². The Bertz CT molecular complexity index is 1870. The Balaban J connectivity index is 1.27. The zero-order chi connectivity index (χ0) is 26.5. The summed E-state index contributed by atoms with van der Waals surface area (Å²) >= 11 is 1.03. The van der Waals surface area contributed by atoms with Crippen molar-refractivity contribution in [1.29, 1.82) is 0 Å². The van der Waals surface area contributed by atoms with Gasteiger partial charge >= 0.3 is 0 Å². The van der Waals surface area contributed by atoms with Gasteiger partial charge in [0.25, 0.3) is 0 Å². The summed E-state index contributed by atoms with van der Waals surface area (Å²) in [6.45, 7) is 0. The van der Waals surface area contributed by atoms with E-state index in [1.807, 2.05) is 6.07 Å². The van der Waals surface area contributed by atoms with Crippen molar-refractivity contribution < 1.29 is 13.6 Å². The van der Waals surface area contributed by atoms with Crippen LogP contribution in [0.1, 0.15) is 25.7 Å². The summed E-state index contributed by atoms with van der Waals surface area (Å²) in [6.07, 6.45) is 8.76. The monoisotopic (exact) mass is 541 g/mol. The van der Waals surface area contributed by atoms with Gasteiger partial charge in [0.15, 0.2) is 22.4 Å². The van der Waals surface area contributed by atoms with Crippen molar-refractivity contribution in [3.8, 4) is 33.1 Å². The van der Waals surface area contributed by atoms with Crippen molar-refractivity contribution in [1.82, 2.24) is 30.1 Å². The Morgan fingerprint density at radius 3 is 2.74 bits per heavy atom. The van der Waals surface area contributed by atoms with E-state index in [4.69, 9.17) is 0 Å². The molecule has 0 bridgehead atoms. The molecule has 6 aromatic rings. The fourth-order valence-corrected chi connectivity index (χ4v) is 5.98. The van der Waals surface area contributed by atoms with E-state index in [2.05, 4.69) is 35.5 Å². The summed E-state index contributed by atoms with van der Waals surface area (Å²) in [5.74, 6) is -0.0620. The Labute approximate surface area is 224 Å². The molecule has 11 heteroatoms. The van der Waals surface area contributed by atoms with Gasteiger partial charge in [-0.2, -0.15) is 9.49 Å². The minimum absolute atomic E-state index is 0.00615. The minimum atomic E-state index is -0.505. The molecule has 0 saturated heterocycles. The van der Waals surface area contributed by atoms with Gasteiger partial charge in [-0.15, -0.1) is 11.3 Å². The molecule has 0 aliphatic heterocycles. The number of nitrogens with zero attached hydrogens (tertiary/aromatic N) is 4. The van der Waals surface area contributed by atoms with Gasteiger partial charge in [0.2, 0.25) is 5.91 Å². The van der Waals surface area contributed by atoms with Crippen LogP contribution in [0.4, 0.5) is 14.5 Å². The number of thiophene rings is 1. The Hall–Kier alpha value is -4.51. The fourth-order valence-electron chi connectivity index (χ4n) is 5.21. The van der Waals surface area contributed by atoms with Gasteiger partial charge in [-0.25, -0.2) is 14.4 Å². The fraction of sp³-hybridized carbons (Fsp3) is 0.179. The van der Waals surface area contributed by atoms with E-state index in [0.29, 0.717) is 44.9 Å². The first-order valence-electron chi connectivity index (χ1n) is 12.6. The summed E-state index contributed by atoms with van der Waals surface area (Å²) in [5, 5.41) is 10.3. The van der Waals surface area contributed by atoms with Crippen molar-refractivity contribution in [2.75, 3.05) is 5.32 Å². The molecule has 0 unspecified atom stereocenters. The Morgan fingerprint density at radius 2 is 1.92 bits per heavy atom. The molecule has 0 radical (unpaired) electrons. The van der Waals surface area contributed by atoms with Crippen molar-refractivity contribution in [3.05, 3.63) is 65.9 Å². The molecule has 1 amide bonds. The van der Waals surface area contributed by atoms with Gasteiger partial charge in [-0.3, -0.25) is 14.9 Å². The molecule has 194 valence electrons. The Kier molecular flexibility index (Phi) is 5.66. The number of carbonyl (C=O) groups is 1. The van der Waals surface area contributed by atoms with Crippen LogP contribution in [0.3, 0.4) is 0 Å². The predicted octanol–water partition coefficient (Wildman–Crippen LogP) is 6.70. The smallest absolute Gasteiger partial charge is 0.227 e. The molecular formula is C28H21F2N7OS. The number of carbonyl (C=O) groups excluding carboxylic acids is 1. The highest BCUT2D eigenvalue weighted by atomic mass is 32.1. The first-order chi connectivity index (χ1) is 19.0. The summed E-state index contributed by atoms with van der Waals surface area (Å²) in [7, 11) is 0. The van der Waals surface area contributed by atoms with Crippen LogP contribution in [-0.4, -0.2) is 36.0 Å². The maximum absolute atomic E-state index is 15.2. The number of fused-ring (bicyclic) bond motifs is 2.